The number of nitrogens with zero attached hydrogens (tertiary/aromatic N) is 1. The monoisotopic (exact) mass is 406 g/mol. The number of esters is 1. The van der Waals surface area contributed by atoms with E-state index in [0.717, 1.165) is 0 Å². The Morgan fingerprint density at radius 3 is 2.25 bits per heavy atom. The maximum Gasteiger partial charge on any atom is 0.337 e. The number of hydrogen-bond acceptors (Lipinski definition) is 6. The van der Waals surface area contributed by atoms with Crippen molar-refractivity contribution in [3.8, 4) is 0 Å². The third-order valence-corrected chi connectivity index (χ3v) is 5.73. The first-order valence-electron chi connectivity index (χ1n) is 8.50. The Hall–Kier alpha value is -2.78. The minimum Gasteiger partial charge on any atom is -0.481 e. The second-order valence-corrected chi connectivity index (χ2v) is 8.22. The van der Waals surface area contributed by atoms with Crippen LogP contribution in [0, 0.1) is 11.8 Å². The lowest BCUT2D eigenvalue weighted by Gasteiger charge is -2.27. The molecule has 9 heteroatoms. The molecule has 2 rings (SSSR count). The number of carbonyl (C=O) groups excluding carboxylic acids is 1. The lowest BCUT2D eigenvalue weighted by atomic mass is 9.86. The van der Waals surface area contributed by atoms with Crippen LogP contribution in [0.15, 0.2) is 53.7 Å². The minimum absolute atomic E-state index is 0.0954. The predicted octanol–water partition coefficient (Wildman–Crippen LogP) is 2.24. The van der Waals surface area contributed by atoms with Crippen LogP contribution in [0.25, 0.3) is 0 Å². The van der Waals surface area contributed by atoms with Gasteiger partial charge in [0.1, 0.15) is 0 Å². The fraction of sp³-hybridized carbons (Fsp3) is 0.316. The van der Waals surface area contributed by atoms with Crippen LogP contribution in [0.2, 0.25) is 0 Å². The molecule has 0 fully saturated rings. The molecule has 0 radical (unpaired) electrons. The van der Waals surface area contributed by atoms with E-state index >= 15 is 0 Å². The van der Waals surface area contributed by atoms with E-state index in [0.29, 0.717) is 5.56 Å². The normalized spacial score (nSPS) is 13.7. The van der Waals surface area contributed by atoms with Gasteiger partial charge in [-0.05, 0) is 41.8 Å². The molecule has 0 aliphatic rings. The summed E-state index contributed by atoms with van der Waals surface area (Å²) >= 11 is 0. The molecule has 0 aliphatic carbocycles. The van der Waals surface area contributed by atoms with Crippen molar-refractivity contribution < 1.29 is 27.9 Å². The van der Waals surface area contributed by atoms with Crippen molar-refractivity contribution in [1.29, 1.82) is 0 Å². The van der Waals surface area contributed by atoms with E-state index in [1.165, 1.54) is 43.8 Å². The van der Waals surface area contributed by atoms with Crippen molar-refractivity contribution >= 4 is 22.0 Å². The fourth-order valence-corrected chi connectivity index (χ4v) is 4.09. The van der Waals surface area contributed by atoms with Crippen LogP contribution in [-0.2, 0) is 19.6 Å². The molecular weight excluding hydrogens is 384 g/mol. The van der Waals surface area contributed by atoms with Crippen LogP contribution in [0.5, 0.6) is 0 Å². The van der Waals surface area contributed by atoms with Gasteiger partial charge in [-0.2, -0.15) is 0 Å². The molecule has 2 unspecified atom stereocenters. The Kier molecular flexibility index (Phi) is 6.87. The average Bonchev–Trinajstić information content (AvgIpc) is 2.67. The van der Waals surface area contributed by atoms with Crippen molar-refractivity contribution in [3.05, 3.63) is 59.9 Å². The topological polar surface area (TPSA) is 123 Å². The molecule has 0 amide bonds. The van der Waals surface area contributed by atoms with Crippen LogP contribution < -0.4 is 4.72 Å². The van der Waals surface area contributed by atoms with E-state index < -0.39 is 33.9 Å². The summed E-state index contributed by atoms with van der Waals surface area (Å²) in [4.78, 5) is 27.2. The number of aliphatic carboxylic acids is 1. The Bertz CT molecular complexity index is 927. The molecule has 2 aromatic rings. The molecule has 2 atom stereocenters. The zero-order chi connectivity index (χ0) is 20.9. The molecule has 0 saturated heterocycles. The summed E-state index contributed by atoms with van der Waals surface area (Å²) in [5, 5.41) is 9.66. The van der Waals surface area contributed by atoms with Gasteiger partial charge in [-0.1, -0.05) is 19.9 Å². The summed E-state index contributed by atoms with van der Waals surface area (Å²) in [5.74, 6) is -3.05. The average molecular weight is 406 g/mol. The molecular formula is C19H22N2O6S. The minimum atomic E-state index is -4.06. The molecule has 2 N–H and O–H groups in total. The summed E-state index contributed by atoms with van der Waals surface area (Å²) in [5.41, 5.74) is 0.647. The Labute approximate surface area is 163 Å². The van der Waals surface area contributed by atoms with Crippen LogP contribution in [-0.4, -0.2) is 37.6 Å². The Balaban J connectivity index is 2.42. The molecule has 150 valence electrons. The first-order valence-corrected chi connectivity index (χ1v) is 9.99. The molecule has 28 heavy (non-hydrogen) atoms. The van der Waals surface area contributed by atoms with Gasteiger partial charge in [-0.3, -0.25) is 9.78 Å². The molecule has 0 bridgehead atoms. The number of benzene rings is 1. The van der Waals surface area contributed by atoms with Crippen molar-refractivity contribution in [3.63, 3.8) is 0 Å². The molecule has 0 aliphatic heterocycles. The highest BCUT2D eigenvalue weighted by atomic mass is 32.2. The summed E-state index contributed by atoms with van der Waals surface area (Å²) < 4.78 is 32.8. The molecule has 1 aromatic heterocycles. The highest BCUT2D eigenvalue weighted by Crippen LogP contribution is 2.30. The van der Waals surface area contributed by atoms with Crippen molar-refractivity contribution in [2.75, 3.05) is 7.11 Å². The quantitative estimate of drug-likeness (QED) is 0.645. The number of pyridine rings is 1. The smallest absolute Gasteiger partial charge is 0.337 e. The third-order valence-electron chi connectivity index (χ3n) is 4.27. The number of methoxy groups -OCH3 is 1. The number of carboxylic acids is 1. The predicted molar refractivity (Wildman–Crippen MR) is 101 cm³/mol. The van der Waals surface area contributed by atoms with Gasteiger partial charge in [0.2, 0.25) is 10.0 Å². The fourth-order valence-electron chi connectivity index (χ4n) is 2.84. The molecule has 8 nitrogen and oxygen atoms in total. The Morgan fingerprint density at radius 1 is 1.14 bits per heavy atom. The SMILES string of the molecule is COC(=O)c1ccc(S(=O)(=O)NC(c2cccnc2)C(C(=O)O)C(C)C)cc1. The molecule has 0 spiro atoms. The number of sulfonamides is 1. The van der Waals surface area contributed by atoms with Crippen LogP contribution in [0.1, 0.15) is 35.8 Å². The first-order chi connectivity index (χ1) is 13.2. The van der Waals surface area contributed by atoms with Gasteiger partial charge in [0.05, 0.1) is 29.5 Å². The first kappa shape index (κ1) is 21.5. The number of rotatable bonds is 8. The number of carbonyl (C=O) groups is 2. The zero-order valence-electron chi connectivity index (χ0n) is 15.7. The van der Waals surface area contributed by atoms with E-state index in [9.17, 15) is 23.1 Å². The van der Waals surface area contributed by atoms with Crippen LogP contribution >= 0.6 is 0 Å². The van der Waals surface area contributed by atoms with E-state index in [1.54, 1.807) is 26.0 Å². The van der Waals surface area contributed by atoms with E-state index in [-0.39, 0.29) is 16.4 Å². The number of ether oxygens (including phenoxy) is 1. The highest BCUT2D eigenvalue weighted by molar-refractivity contribution is 7.89. The highest BCUT2D eigenvalue weighted by Gasteiger charge is 2.35. The summed E-state index contributed by atoms with van der Waals surface area (Å²) in [6, 6.07) is 7.41. The van der Waals surface area contributed by atoms with Gasteiger partial charge >= 0.3 is 11.9 Å². The van der Waals surface area contributed by atoms with Crippen LogP contribution in [0.3, 0.4) is 0 Å². The van der Waals surface area contributed by atoms with Crippen LogP contribution in [0.4, 0.5) is 0 Å². The maximum absolute atomic E-state index is 12.9. The van der Waals surface area contributed by atoms with E-state index in [2.05, 4.69) is 14.4 Å². The van der Waals surface area contributed by atoms with Crippen molar-refractivity contribution in [2.24, 2.45) is 11.8 Å². The van der Waals surface area contributed by atoms with Gasteiger partial charge < -0.3 is 9.84 Å². The largest absolute Gasteiger partial charge is 0.481 e. The Morgan fingerprint density at radius 2 is 1.79 bits per heavy atom. The number of aromatic nitrogens is 1. The van der Waals surface area contributed by atoms with Gasteiger partial charge in [-0.25, -0.2) is 17.9 Å². The van der Waals surface area contributed by atoms with Gasteiger partial charge in [0, 0.05) is 12.4 Å². The van der Waals surface area contributed by atoms with Gasteiger partial charge in [0.15, 0.2) is 0 Å². The van der Waals surface area contributed by atoms with E-state index in [1.807, 2.05) is 0 Å². The second-order valence-electron chi connectivity index (χ2n) is 6.51. The van der Waals surface area contributed by atoms with Gasteiger partial charge in [0.25, 0.3) is 0 Å². The maximum atomic E-state index is 12.9. The lowest BCUT2D eigenvalue weighted by Crippen LogP contribution is -2.39. The third kappa shape index (κ3) is 4.93. The second kappa shape index (κ2) is 8.94. The summed E-state index contributed by atoms with van der Waals surface area (Å²) in [6.45, 7) is 3.42. The lowest BCUT2D eigenvalue weighted by molar-refractivity contribution is -0.144. The van der Waals surface area contributed by atoms with Crippen molar-refractivity contribution in [2.45, 2.75) is 24.8 Å². The van der Waals surface area contributed by atoms with Gasteiger partial charge in [-0.15, -0.1) is 0 Å². The standard InChI is InChI=1S/C19H22N2O6S/c1-12(2)16(18(22)23)17(14-5-4-10-20-11-14)21-28(25,26)15-8-6-13(7-9-15)19(24)27-3/h4-12,16-17,21H,1-3H3,(H,22,23). The summed E-state index contributed by atoms with van der Waals surface area (Å²) in [7, 11) is -2.83. The summed E-state index contributed by atoms with van der Waals surface area (Å²) in [6.07, 6.45) is 2.96. The number of hydrogen-bond donors (Lipinski definition) is 2. The van der Waals surface area contributed by atoms with E-state index in [4.69, 9.17) is 0 Å². The number of nitrogens with one attached hydrogen (secondary N) is 1. The molecule has 1 aromatic carbocycles. The number of carboxylic acid groups (broad SMARTS) is 1. The zero-order valence-corrected chi connectivity index (χ0v) is 16.5. The molecule has 1 heterocycles. The molecule has 0 saturated carbocycles. The van der Waals surface area contributed by atoms with Crippen molar-refractivity contribution in [1.82, 2.24) is 9.71 Å².